The van der Waals surface area contributed by atoms with Gasteiger partial charge in [-0.2, -0.15) is 0 Å². The van der Waals surface area contributed by atoms with Crippen LogP contribution in [0.1, 0.15) is 20.9 Å². The first-order valence-corrected chi connectivity index (χ1v) is 10.9. The fraction of sp³-hybridized carbons (Fsp3) is 0.167. The van der Waals surface area contributed by atoms with Crippen molar-refractivity contribution >= 4 is 46.0 Å². The summed E-state index contributed by atoms with van der Waals surface area (Å²) in [7, 11) is 0. The highest BCUT2D eigenvalue weighted by Gasteiger charge is 2.29. The average molecular weight is 462 g/mol. The molecule has 8 nitrogen and oxygen atoms in total. The van der Waals surface area contributed by atoms with Crippen molar-refractivity contribution in [1.82, 2.24) is 14.9 Å². The number of nitrogens with one attached hydrogen (secondary N) is 1. The smallest absolute Gasteiger partial charge is 0.291 e. The minimum atomic E-state index is -0.371. The number of nitrogens with zero attached hydrogens (tertiary/aromatic N) is 4. The van der Waals surface area contributed by atoms with Crippen molar-refractivity contribution in [3.8, 4) is 0 Å². The molecule has 5 rings (SSSR count). The largest absolute Gasteiger partial charge is 0.449 e. The van der Waals surface area contributed by atoms with Gasteiger partial charge in [0.1, 0.15) is 11.3 Å². The molecule has 166 valence electrons. The molecule has 33 heavy (non-hydrogen) atoms. The maximum atomic E-state index is 13.4. The van der Waals surface area contributed by atoms with Crippen LogP contribution in [0.5, 0.6) is 0 Å². The number of rotatable bonds is 4. The Labute approximate surface area is 194 Å². The molecule has 0 bridgehead atoms. The van der Waals surface area contributed by atoms with Crippen molar-refractivity contribution in [1.29, 1.82) is 0 Å². The van der Waals surface area contributed by atoms with Crippen LogP contribution < -0.4 is 10.2 Å². The molecule has 3 heterocycles. The molecule has 0 spiro atoms. The van der Waals surface area contributed by atoms with Crippen LogP contribution in [0.3, 0.4) is 0 Å². The van der Waals surface area contributed by atoms with Crippen LogP contribution >= 0.6 is 11.6 Å². The summed E-state index contributed by atoms with van der Waals surface area (Å²) < 4.78 is 5.92. The number of carbonyl (C=O) groups is 2. The number of amides is 2. The van der Waals surface area contributed by atoms with Crippen molar-refractivity contribution < 1.29 is 14.0 Å². The zero-order valence-electron chi connectivity index (χ0n) is 17.6. The van der Waals surface area contributed by atoms with Gasteiger partial charge in [0.25, 0.3) is 11.8 Å². The summed E-state index contributed by atoms with van der Waals surface area (Å²) in [5.41, 5.74) is 1.27. The molecule has 0 unspecified atom stereocenters. The molecule has 0 saturated carbocycles. The highest BCUT2D eigenvalue weighted by atomic mass is 35.5. The van der Waals surface area contributed by atoms with E-state index in [1.807, 2.05) is 23.1 Å². The van der Waals surface area contributed by atoms with Crippen LogP contribution in [0.4, 0.5) is 11.6 Å². The zero-order chi connectivity index (χ0) is 22.8. The Bertz CT molecular complexity index is 1320. The van der Waals surface area contributed by atoms with E-state index in [4.69, 9.17) is 16.0 Å². The first-order chi connectivity index (χ1) is 16.1. The quantitative estimate of drug-likeness (QED) is 0.492. The van der Waals surface area contributed by atoms with E-state index in [9.17, 15) is 9.59 Å². The lowest BCUT2D eigenvalue weighted by Crippen LogP contribution is -2.49. The van der Waals surface area contributed by atoms with Gasteiger partial charge in [-0.3, -0.25) is 9.59 Å². The Balaban J connectivity index is 1.40. The molecule has 2 aromatic carbocycles. The van der Waals surface area contributed by atoms with Gasteiger partial charge in [-0.15, -0.1) is 0 Å². The number of halogens is 1. The molecular formula is C24H20ClN5O3. The molecule has 0 radical (unpaired) electrons. The highest BCUT2D eigenvalue weighted by Crippen LogP contribution is 2.32. The molecule has 2 amide bonds. The lowest BCUT2D eigenvalue weighted by Gasteiger charge is -2.34. The molecular weight excluding hydrogens is 442 g/mol. The van der Waals surface area contributed by atoms with Crippen LogP contribution in [0.15, 0.2) is 71.4 Å². The van der Waals surface area contributed by atoms with Gasteiger partial charge >= 0.3 is 0 Å². The van der Waals surface area contributed by atoms with Crippen molar-refractivity contribution in [3.63, 3.8) is 0 Å². The van der Waals surface area contributed by atoms with Crippen molar-refractivity contribution in [2.24, 2.45) is 0 Å². The van der Waals surface area contributed by atoms with E-state index < -0.39 is 0 Å². The molecule has 1 aliphatic heterocycles. The van der Waals surface area contributed by atoms with E-state index in [0.29, 0.717) is 59.4 Å². The number of fused-ring (bicyclic) bond motifs is 1. The number of carbonyl (C=O) groups excluding carboxylic acids is 2. The number of furan rings is 1. The number of benzene rings is 2. The number of hydrogen-bond donors (Lipinski definition) is 1. The van der Waals surface area contributed by atoms with Gasteiger partial charge in [-0.25, -0.2) is 9.97 Å². The third-order valence-electron chi connectivity index (χ3n) is 5.52. The molecule has 1 N–H and O–H groups in total. The molecule has 4 aromatic rings. The van der Waals surface area contributed by atoms with Gasteiger partial charge in [0.2, 0.25) is 11.7 Å². The molecule has 1 fully saturated rings. The first-order valence-electron chi connectivity index (χ1n) is 10.5. The van der Waals surface area contributed by atoms with Crippen molar-refractivity contribution in [2.45, 2.75) is 0 Å². The van der Waals surface area contributed by atoms with E-state index in [-0.39, 0.29) is 17.6 Å². The summed E-state index contributed by atoms with van der Waals surface area (Å²) in [6, 6.07) is 15.6. The maximum absolute atomic E-state index is 13.4. The maximum Gasteiger partial charge on any atom is 0.291 e. The SMILES string of the molecule is O=C(Nc1c(C(=O)N2CCN(c3ncccn3)CC2)oc2ccccc12)c1cccc(Cl)c1. The summed E-state index contributed by atoms with van der Waals surface area (Å²) in [6.07, 6.45) is 3.40. The Morgan fingerprint density at radius 2 is 1.70 bits per heavy atom. The third kappa shape index (κ3) is 4.25. The summed E-state index contributed by atoms with van der Waals surface area (Å²) in [5.74, 6) is 0.101. The summed E-state index contributed by atoms with van der Waals surface area (Å²) in [5, 5.41) is 3.98. The molecule has 2 aromatic heterocycles. The standard InChI is InChI=1S/C24H20ClN5O3/c25-17-6-3-5-16(15-17)22(31)28-20-18-7-1-2-8-19(18)33-21(20)23(32)29-11-13-30(14-12-29)24-26-9-4-10-27-24/h1-10,15H,11-14H2,(H,28,31). The first kappa shape index (κ1) is 21.0. The highest BCUT2D eigenvalue weighted by molar-refractivity contribution is 6.31. The number of hydrogen-bond acceptors (Lipinski definition) is 6. The average Bonchev–Trinajstić information content (AvgIpc) is 3.22. The molecule has 0 aliphatic carbocycles. The lowest BCUT2D eigenvalue weighted by molar-refractivity contribution is 0.0718. The third-order valence-corrected chi connectivity index (χ3v) is 5.75. The van der Waals surface area contributed by atoms with E-state index in [0.717, 1.165) is 0 Å². The second-order valence-electron chi connectivity index (χ2n) is 7.59. The van der Waals surface area contributed by atoms with Gasteiger partial charge in [0, 0.05) is 54.5 Å². The number of para-hydroxylation sites is 1. The van der Waals surface area contributed by atoms with Gasteiger partial charge in [-0.05, 0) is 36.4 Å². The van der Waals surface area contributed by atoms with Crippen LogP contribution in [0.25, 0.3) is 11.0 Å². The summed E-state index contributed by atoms with van der Waals surface area (Å²) in [6.45, 7) is 2.16. The molecule has 0 atom stereocenters. The van der Waals surface area contributed by atoms with Gasteiger partial charge in [0.05, 0.1) is 0 Å². The Morgan fingerprint density at radius 1 is 0.939 bits per heavy atom. The Morgan fingerprint density at radius 3 is 2.45 bits per heavy atom. The molecule has 1 saturated heterocycles. The molecule has 1 aliphatic rings. The van der Waals surface area contributed by atoms with Crippen LogP contribution in [-0.2, 0) is 0 Å². The Hall–Kier alpha value is -3.91. The van der Waals surface area contributed by atoms with Gasteiger partial charge in [0.15, 0.2) is 0 Å². The van der Waals surface area contributed by atoms with Gasteiger partial charge < -0.3 is 19.5 Å². The van der Waals surface area contributed by atoms with E-state index in [1.54, 1.807) is 53.7 Å². The van der Waals surface area contributed by atoms with Crippen molar-refractivity contribution in [2.75, 3.05) is 36.4 Å². The van der Waals surface area contributed by atoms with E-state index >= 15 is 0 Å². The van der Waals surface area contributed by atoms with E-state index in [2.05, 4.69) is 15.3 Å². The summed E-state index contributed by atoms with van der Waals surface area (Å²) >= 11 is 6.03. The normalized spacial score (nSPS) is 13.8. The summed E-state index contributed by atoms with van der Waals surface area (Å²) in [4.78, 5) is 38.6. The number of piperazine rings is 1. The number of aromatic nitrogens is 2. The predicted molar refractivity (Wildman–Crippen MR) is 126 cm³/mol. The fourth-order valence-electron chi connectivity index (χ4n) is 3.84. The lowest BCUT2D eigenvalue weighted by atomic mass is 10.1. The van der Waals surface area contributed by atoms with Gasteiger partial charge in [-0.1, -0.05) is 29.8 Å². The Kier molecular flexibility index (Phi) is 5.66. The molecule has 9 heteroatoms. The second kappa shape index (κ2) is 8.91. The number of anilines is 2. The second-order valence-corrected chi connectivity index (χ2v) is 8.03. The van der Waals surface area contributed by atoms with E-state index in [1.165, 1.54) is 0 Å². The van der Waals surface area contributed by atoms with Crippen LogP contribution in [0, 0.1) is 0 Å². The minimum Gasteiger partial charge on any atom is -0.449 e. The zero-order valence-corrected chi connectivity index (χ0v) is 18.3. The van der Waals surface area contributed by atoms with Crippen molar-refractivity contribution in [3.05, 3.63) is 83.3 Å². The van der Waals surface area contributed by atoms with Crippen LogP contribution in [0.2, 0.25) is 5.02 Å². The fourth-order valence-corrected chi connectivity index (χ4v) is 4.03. The minimum absolute atomic E-state index is 0.107. The predicted octanol–water partition coefficient (Wildman–Crippen LogP) is 4.09. The topological polar surface area (TPSA) is 91.6 Å². The monoisotopic (exact) mass is 461 g/mol. The van der Waals surface area contributed by atoms with Crippen LogP contribution in [-0.4, -0.2) is 52.9 Å².